The van der Waals surface area contributed by atoms with Crippen molar-refractivity contribution in [2.45, 2.75) is 52.0 Å². The predicted octanol–water partition coefficient (Wildman–Crippen LogP) is 4.06. The van der Waals surface area contributed by atoms with E-state index in [4.69, 9.17) is 0 Å². The quantitative estimate of drug-likeness (QED) is 0.893. The van der Waals surface area contributed by atoms with Crippen molar-refractivity contribution in [3.05, 3.63) is 47.9 Å². The number of rotatable bonds is 5. The van der Waals surface area contributed by atoms with E-state index in [9.17, 15) is 4.79 Å². The first kappa shape index (κ1) is 17.4. The SMILES string of the molecule is CCc1ccccc1NC(=O)c1cnc(N2CCCCC2CC)cn1. The minimum Gasteiger partial charge on any atom is -0.352 e. The highest BCUT2D eigenvalue weighted by molar-refractivity contribution is 6.03. The van der Waals surface area contributed by atoms with Crippen LogP contribution in [0.2, 0.25) is 0 Å². The Morgan fingerprint density at radius 1 is 1.20 bits per heavy atom. The van der Waals surface area contributed by atoms with Crippen LogP contribution in [0.25, 0.3) is 0 Å². The normalized spacial score (nSPS) is 17.4. The predicted molar refractivity (Wildman–Crippen MR) is 101 cm³/mol. The maximum Gasteiger partial charge on any atom is 0.275 e. The molecular weight excluding hydrogens is 312 g/mol. The average Bonchev–Trinajstić information content (AvgIpc) is 2.68. The summed E-state index contributed by atoms with van der Waals surface area (Å²) in [6.45, 7) is 5.30. The zero-order chi connectivity index (χ0) is 17.6. The number of aryl methyl sites for hydroxylation is 1. The summed E-state index contributed by atoms with van der Waals surface area (Å²) >= 11 is 0. The van der Waals surface area contributed by atoms with Crippen molar-refractivity contribution in [2.75, 3.05) is 16.8 Å². The molecular formula is C20H26N4O. The van der Waals surface area contributed by atoms with Crippen molar-refractivity contribution >= 4 is 17.4 Å². The molecule has 1 fully saturated rings. The molecule has 1 saturated heterocycles. The summed E-state index contributed by atoms with van der Waals surface area (Å²) in [5.41, 5.74) is 2.29. The number of carbonyl (C=O) groups is 1. The van der Waals surface area contributed by atoms with Crippen LogP contribution in [0, 0.1) is 0 Å². The van der Waals surface area contributed by atoms with Gasteiger partial charge in [0, 0.05) is 18.3 Å². The van der Waals surface area contributed by atoms with Gasteiger partial charge >= 0.3 is 0 Å². The minimum atomic E-state index is -0.217. The van der Waals surface area contributed by atoms with Gasteiger partial charge in [0.25, 0.3) is 5.91 Å². The van der Waals surface area contributed by atoms with E-state index in [0.717, 1.165) is 36.5 Å². The van der Waals surface area contributed by atoms with Crippen LogP contribution in [0.5, 0.6) is 0 Å². The van der Waals surface area contributed by atoms with Gasteiger partial charge in [0.05, 0.1) is 12.4 Å². The Bertz CT molecular complexity index is 714. The fraction of sp³-hybridized carbons (Fsp3) is 0.450. The molecule has 1 aliphatic rings. The van der Waals surface area contributed by atoms with Gasteiger partial charge in [0.1, 0.15) is 11.5 Å². The standard InChI is InChI=1S/C20H26N4O/c1-3-15-9-5-6-11-17(15)23-20(25)18-13-22-19(14-21-18)24-12-8-7-10-16(24)4-2/h5-6,9,11,13-14,16H,3-4,7-8,10,12H2,1-2H3,(H,23,25). The molecule has 0 saturated carbocycles. The largest absolute Gasteiger partial charge is 0.352 e. The van der Waals surface area contributed by atoms with Crippen molar-refractivity contribution in [1.29, 1.82) is 0 Å². The van der Waals surface area contributed by atoms with Crippen molar-refractivity contribution in [1.82, 2.24) is 9.97 Å². The van der Waals surface area contributed by atoms with Crippen LogP contribution in [0.3, 0.4) is 0 Å². The number of benzene rings is 1. The Balaban J connectivity index is 1.72. The summed E-state index contributed by atoms with van der Waals surface area (Å²) in [7, 11) is 0. The number of amides is 1. The lowest BCUT2D eigenvalue weighted by Gasteiger charge is -2.35. The summed E-state index contributed by atoms with van der Waals surface area (Å²) < 4.78 is 0. The number of carbonyl (C=O) groups excluding carboxylic acids is 1. The lowest BCUT2D eigenvalue weighted by atomic mass is 10.0. The average molecular weight is 338 g/mol. The molecule has 1 amide bonds. The number of hydrogen-bond donors (Lipinski definition) is 1. The molecule has 132 valence electrons. The van der Waals surface area contributed by atoms with E-state index < -0.39 is 0 Å². The fourth-order valence-electron chi connectivity index (χ4n) is 3.45. The number of nitrogens with zero attached hydrogens (tertiary/aromatic N) is 3. The van der Waals surface area contributed by atoms with Gasteiger partial charge in [0.2, 0.25) is 0 Å². The van der Waals surface area contributed by atoms with Crippen LogP contribution < -0.4 is 10.2 Å². The summed E-state index contributed by atoms with van der Waals surface area (Å²) in [5.74, 6) is 0.655. The van der Waals surface area contributed by atoms with Crippen LogP contribution in [0.4, 0.5) is 11.5 Å². The Kier molecular flexibility index (Phi) is 5.64. The number of piperidine rings is 1. The van der Waals surface area contributed by atoms with Crippen LogP contribution >= 0.6 is 0 Å². The molecule has 5 nitrogen and oxygen atoms in total. The molecule has 25 heavy (non-hydrogen) atoms. The van der Waals surface area contributed by atoms with Crippen LogP contribution in [-0.2, 0) is 6.42 Å². The van der Waals surface area contributed by atoms with Gasteiger partial charge in [-0.1, -0.05) is 32.0 Å². The van der Waals surface area contributed by atoms with Gasteiger partial charge in [-0.2, -0.15) is 0 Å². The molecule has 1 aromatic heterocycles. The maximum absolute atomic E-state index is 12.5. The van der Waals surface area contributed by atoms with Gasteiger partial charge in [-0.3, -0.25) is 4.79 Å². The maximum atomic E-state index is 12.5. The van der Waals surface area contributed by atoms with Gasteiger partial charge in [-0.15, -0.1) is 0 Å². The van der Waals surface area contributed by atoms with Gasteiger partial charge < -0.3 is 10.2 Å². The highest BCUT2D eigenvalue weighted by atomic mass is 16.1. The topological polar surface area (TPSA) is 58.1 Å². The van der Waals surface area contributed by atoms with E-state index in [1.165, 1.54) is 19.3 Å². The van der Waals surface area contributed by atoms with Crippen molar-refractivity contribution in [2.24, 2.45) is 0 Å². The molecule has 5 heteroatoms. The Morgan fingerprint density at radius 2 is 2.04 bits per heavy atom. The third-order valence-electron chi connectivity index (χ3n) is 4.91. The van der Waals surface area contributed by atoms with Crippen LogP contribution in [0.15, 0.2) is 36.7 Å². The van der Waals surface area contributed by atoms with E-state index in [1.807, 2.05) is 24.3 Å². The van der Waals surface area contributed by atoms with Crippen LogP contribution in [-0.4, -0.2) is 28.5 Å². The minimum absolute atomic E-state index is 0.217. The molecule has 2 aromatic rings. The molecule has 1 aromatic carbocycles. The lowest BCUT2D eigenvalue weighted by Crippen LogP contribution is -2.39. The molecule has 0 spiro atoms. The second kappa shape index (κ2) is 8.10. The first-order valence-electron chi connectivity index (χ1n) is 9.20. The summed E-state index contributed by atoms with van der Waals surface area (Å²) in [5, 5.41) is 2.94. The third-order valence-corrected chi connectivity index (χ3v) is 4.91. The number of anilines is 2. The first-order valence-corrected chi connectivity index (χ1v) is 9.20. The number of nitrogens with one attached hydrogen (secondary N) is 1. The smallest absolute Gasteiger partial charge is 0.275 e. The molecule has 0 bridgehead atoms. The molecule has 1 aliphatic heterocycles. The number of hydrogen-bond acceptors (Lipinski definition) is 4. The summed E-state index contributed by atoms with van der Waals surface area (Å²) in [4.78, 5) is 23.7. The first-order chi connectivity index (χ1) is 12.2. The second-order valence-corrected chi connectivity index (χ2v) is 6.48. The van der Waals surface area contributed by atoms with E-state index >= 15 is 0 Å². The highest BCUT2D eigenvalue weighted by Crippen LogP contribution is 2.24. The molecule has 1 N–H and O–H groups in total. The van der Waals surface area contributed by atoms with E-state index in [1.54, 1.807) is 12.4 Å². The Hall–Kier alpha value is -2.43. The molecule has 1 unspecified atom stereocenters. The molecule has 1 atom stereocenters. The van der Waals surface area contributed by atoms with Crippen molar-refractivity contribution < 1.29 is 4.79 Å². The van der Waals surface area contributed by atoms with Crippen molar-refractivity contribution in [3.63, 3.8) is 0 Å². The van der Waals surface area contributed by atoms with Crippen LogP contribution in [0.1, 0.15) is 55.6 Å². The van der Waals surface area contributed by atoms with E-state index in [-0.39, 0.29) is 5.91 Å². The molecule has 2 heterocycles. The number of para-hydroxylation sites is 1. The van der Waals surface area contributed by atoms with E-state index in [0.29, 0.717) is 11.7 Å². The monoisotopic (exact) mass is 338 g/mol. The van der Waals surface area contributed by atoms with Gasteiger partial charge in [-0.25, -0.2) is 9.97 Å². The summed E-state index contributed by atoms with van der Waals surface area (Å²) in [6, 6.07) is 8.36. The second-order valence-electron chi connectivity index (χ2n) is 6.48. The molecule has 0 radical (unpaired) electrons. The Morgan fingerprint density at radius 3 is 2.76 bits per heavy atom. The third kappa shape index (κ3) is 3.98. The van der Waals surface area contributed by atoms with Gasteiger partial charge in [0.15, 0.2) is 0 Å². The lowest BCUT2D eigenvalue weighted by molar-refractivity contribution is 0.102. The Labute approximate surface area is 149 Å². The van der Waals surface area contributed by atoms with Crippen molar-refractivity contribution in [3.8, 4) is 0 Å². The zero-order valence-corrected chi connectivity index (χ0v) is 15.0. The fourth-order valence-corrected chi connectivity index (χ4v) is 3.45. The highest BCUT2D eigenvalue weighted by Gasteiger charge is 2.22. The molecule has 0 aliphatic carbocycles. The van der Waals surface area contributed by atoms with Gasteiger partial charge in [-0.05, 0) is 43.7 Å². The number of aromatic nitrogens is 2. The molecule has 3 rings (SSSR count). The summed E-state index contributed by atoms with van der Waals surface area (Å²) in [6.07, 6.45) is 8.96. The van der Waals surface area contributed by atoms with E-state index in [2.05, 4.69) is 34.0 Å². The zero-order valence-electron chi connectivity index (χ0n) is 15.0.